The molecule has 0 bridgehead atoms. The predicted octanol–water partition coefficient (Wildman–Crippen LogP) is 18.7. The number of nitrogens with zero attached hydrogens (tertiary/aromatic N) is 2. The Morgan fingerprint density at radius 3 is 1.59 bits per heavy atom. The Morgan fingerprint density at radius 1 is 0.314 bits per heavy atom. The lowest BCUT2D eigenvalue weighted by Crippen LogP contribution is -2.29. The average Bonchev–Trinajstić information content (AvgIpc) is 3.86. The van der Waals surface area contributed by atoms with Crippen LogP contribution in [-0.2, 0) is 5.41 Å². The molecule has 12 aromatic rings. The van der Waals surface area contributed by atoms with Crippen LogP contribution >= 0.6 is 11.3 Å². The number of hydrogen-bond donors (Lipinski definition) is 0. The number of fused-ring (bicyclic) bond motifs is 20. The van der Waals surface area contributed by atoms with Gasteiger partial charge in [-0.15, -0.1) is 11.3 Å². The molecule has 1 atom stereocenters. The van der Waals surface area contributed by atoms with Crippen molar-refractivity contribution in [1.82, 2.24) is 0 Å². The molecule has 3 heteroatoms. The van der Waals surface area contributed by atoms with Gasteiger partial charge in [-0.2, -0.15) is 0 Å². The van der Waals surface area contributed by atoms with Crippen LogP contribution in [0.15, 0.2) is 255 Å². The molecule has 0 saturated heterocycles. The zero-order chi connectivity index (χ0) is 45.9. The summed E-state index contributed by atoms with van der Waals surface area (Å²) in [7, 11) is 0. The Kier molecular flexibility index (Phi) is 8.48. The molecule has 0 radical (unpaired) electrons. The minimum Gasteiger partial charge on any atom is -0.308 e. The van der Waals surface area contributed by atoms with Crippen LogP contribution < -0.4 is 9.80 Å². The first-order valence-corrected chi connectivity index (χ1v) is 25.0. The highest BCUT2D eigenvalue weighted by atomic mass is 32.1. The van der Waals surface area contributed by atoms with E-state index in [0.29, 0.717) is 0 Å². The van der Waals surface area contributed by atoms with Gasteiger partial charge in [0, 0.05) is 48.4 Å². The summed E-state index contributed by atoms with van der Waals surface area (Å²) in [6.07, 6.45) is 0. The molecule has 2 heterocycles. The second-order valence-corrected chi connectivity index (χ2v) is 19.8. The minimum atomic E-state index is -0.619. The Morgan fingerprint density at radius 2 is 0.843 bits per heavy atom. The van der Waals surface area contributed by atoms with E-state index in [1.54, 1.807) is 0 Å². The van der Waals surface area contributed by atoms with Crippen LogP contribution in [0.3, 0.4) is 0 Å². The first kappa shape index (κ1) is 39.3. The van der Waals surface area contributed by atoms with Crippen molar-refractivity contribution in [2.24, 2.45) is 0 Å². The molecular weight excluding hydrogens is 865 g/mol. The minimum absolute atomic E-state index is 0.619. The molecule has 3 aliphatic rings. The molecule has 326 valence electrons. The number of thiophene rings is 1. The van der Waals surface area contributed by atoms with Gasteiger partial charge in [-0.1, -0.05) is 188 Å². The van der Waals surface area contributed by atoms with E-state index in [1.165, 1.54) is 98.1 Å². The first-order valence-electron chi connectivity index (χ1n) is 24.2. The van der Waals surface area contributed by atoms with Crippen LogP contribution in [0.4, 0.5) is 34.1 Å². The Bertz CT molecular complexity index is 4090. The van der Waals surface area contributed by atoms with E-state index in [-0.39, 0.29) is 0 Å². The lowest BCUT2D eigenvalue weighted by Gasteiger charge is -2.37. The maximum absolute atomic E-state index is 2.55. The summed E-state index contributed by atoms with van der Waals surface area (Å²) in [4.78, 5) is 4.98. The molecule has 1 aromatic heterocycles. The number of benzene rings is 11. The standard InChI is InChI=1S/C67H42N2S/c1-3-20-43(21-4-1)68(63-36-19-32-54-48-26-9-8-25-47(48)52-30-13-17-35-62(52)69(66(54)63)44-22-5-2-6-23-44)45-38-39-60-55(40-45)49-27-10-7-24-46(49)50-28-11-15-33-58(50)67(60)59-34-16-12-29-51(59)56-42-65-57(41-61(56)67)53-31-14-18-37-64(53)70-65/h1-42H. The van der Waals surface area contributed by atoms with E-state index in [2.05, 4.69) is 265 Å². The molecule has 1 aliphatic heterocycles. The van der Waals surface area contributed by atoms with Gasteiger partial charge in [-0.05, 0) is 133 Å². The molecule has 70 heavy (non-hydrogen) atoms. The quantitative estimate of drug-likeness (QED) is 0.174. The van der Waals surface area contributed by atoms with Gasteiger partial charge in [-0.25, -0.2) is 0 Å². The van der Waals surface area contributed by atoms with Gasteiger partial charge in [0.2, 0.25) is 0 Å². The smallest absolute Gasteiger partial charge is 0.0781 e. The number of anilines is 6. The van der Waals surface area contributed by atoms with Gasteiger partial charge in [0.25, 0.3) is 0 Å². The molecule has 0 fully saturated rings. The van der Waals surface area contributed by atoms with E-state index in [4.69, 9.17) is 0 Å². The van der Waals surface area contributed by atoms with Crippen LogP contribution in [0.1, 0.15) is 22.3 Å². The summed E-state index contributed by atoms with van der Waals surface area (Å²) in [6.45, 7) is 0. The molecule has 0 amide bonds. The van der Waals surface area contributed by atoms with Crippen molar-refractivity contribution in [2.45, 2.75) is 5.41 Å². The zero-order valence-electron chi connectivity index (χ0n) is 38.1. The van der Waals surface area contributed by atoms with Gasteiger partial charge in [0.15, 0.2) is 0 Å². The monoisotopic (exact) mass is 906 g/mol. The zero-order valence-corrected chi connectivity index (χ0v) is 38.9. The lowest BCUT2D eigenvalue weighted by atomic mass is 9.65. The van der Waals surface area contributed by atoms with Gasteiger partial charge in [-0.3, -0.25) is 0 Å². The summed E-state index contributed by atoms with van der Waals surface area (Å²) in [5, 5.41) is 2.63. The highest BCUT2D eigenvalue weighted by molar-refractivity contribution is 7.25. The van der Waals surface area contributed by atoms with E-state index >= 15 is 0 Å². The van der Waals surface area contributed by atoms with E-state index in [0.717, 1.165) is 34.1 Å². The number of hydrogen-bond acceptors (Lipinski definition) is 3. The normalized spacial score (nSPS) is 14.6. The fourth-order valence-corrected chi connectivity index (χ4v) is 13.5. The summed E-state index contributed by atoms with van der Waals surface area (Å²) >= 11 is 1.90. The number of rotatable bonds is 4. The van der Waals surface area contributed by atoms with Crippen LogP contribution in [0.25, 0.3) is 75.8 Å². The third kappa shape index (κ3) is 5.44. The second-order valence-electron chi connectivity index (χ2n) is 18.7. The molecule has 1 spiro atoms. The Labute approximate surface area is 411 Å². The van der Waals surface area contributed by atoms with Crippen molar-refractivity contribution >= 4 is 65.6 Å². The summed E-state index contributed by atoms with van der Waals surface area (Å²) in [6, 6.07) is 95.3. The van der Waals surface area contributed by atoms with Crippen LogP contribution in [0.5, 0.6) is 0 Å². The molecular formula is C67H42N2S. The predicted molar refractivity (Wildman–Crippen MR) is 295 cm³/mol. The van der Waals surface area contributed by atoms with Gasteiger partial charge in [0.1, 0.15) is 0 Å². The van der Waals surface area contributed by atoms with Crippen molar-refractivity contribution in [3.63, 3.8) is 0 Å². The lowest BCUT2D eigenvalue weighted by molar-refractivity contribution is 0.776. The van der Waals surface area contributed by atoms with Crippen molar-refractivity contribution < 1.29 is 0 Å². The van der Waals surface area contributed by atoms with E-state index in [9.17, 15) is 0 Å². The highest BCUT2D eigenvalue weighted by Crippen LogP contribution is 2.63. The number of para-hydroxylation sites is 4. The van der Waals surface area contributed by atoms with Gasteiger partial charge < -0.3 is 9.80 Å². The van der Waals surface area contributed by atoms with Gasteiger partial charge in [0.05, 0.1) is 22.5 Å². The largest absolute Gasteiger partial charge is 0.308 e. The third-order valence-electron chi connectivity index (χ3n) is 15.2. The first-order chi connectivity index (χ1) is 34.8. The third-order valence-corrected chi connectivity index (χ3v) is 16.3. The van der Waals surface area contributed by atoms with Crippen molar-refractivity contribution in [3.8, 4) is 55.6 Å². The SMILES string of the molecule is c1ccc(N(c2ccc3c(c2)-c2ccccc2-c2ccccc2C32c3ccccc3-c3cc4sc5ccccc5c4cc32)c2cccc3c2N(c2ccccc2)c2ccccc2-c2ccccc2-3)cc1. The van der Waals surface area contributed by atoms with E-state index in [1.807, 2.05) is 11.3 Å². The molecule has 11 aromatic carbocycles. The molecule has 0 N–H and O–H groups in total. The van der Waals surface area contributed by atoms with Crippen molar-refractivity contribution in [1.29, 1.82) is 0 Å². The van der Waals surface area contributed by atoms with Gasteiger partial charge >= 0.3 is 0 Å². The van der Waals surface area contributed by atoms with E-state index < -0.39 is 5.41 Å². The Hall–Kier alpha value is -8.76. The maximum Gasteiger partial charge on any atom is 0.0781 e. The Balaban J connectivity index is 1.05. The highest BCUT2D eigenvalue weighted by Gasteiger charge is 2.50. The fraction of sp³-hybridized carbons (Fsp3) is 0.0149. The average molecular weight is 907 g/mol. The molecule has 0 saturated carbocycles. The topological polar surface area (TPSA) is 6.48 Å². The summed E-state index contributed by atoms with van der Waals surface area (Å²) < 4.78 is 2.64. The molecule has 2 aliphatic carbocycles. The van der Waals surface area contributed by atoms with Crippen molar-refractivity contribution in [2.75, 3.05) is 9.80 Å². The molecule has 2 nitrogen and oxygen atoms in total. The molecule has 1 unspecified atom stereocenters. The van der Waals surface area contributed by atoms with Crippen molar-refractivity contribution in [3.05, 3.63) is 277 Å². The summed E-state index contributed by atoms with van der Waals surface area (Å²) in [5.74, 6) is 0. The summed E-state index contributed by atoms with van der Waals surface area (Å²) in [5.41, 5.74) is 23.6. The molecule has 15 rings (SSSR count). The van der Waals surface area contributed by atoms with Crippen LogP contribution in [0, 0.1) is 0 Å². The maximum atomic E-state index is 2.55. The van der Waals surface area contributed by atoms with Crippen LogP contribution in [0.2, 0.25) is 0 Å². The second kappa shape index (κ2) is 15.1. The van der Waals surface area contributed by atoms with Crippen LogP contribution in [-0.4, -0.2) is 0 Å². The fourth-order valence-electron chi connectivity index (χ4n) is 12.4.